The van der Waals surface area contributed by atoms with Crippen molar-refractivity contribution in [2.45, 2.75) is 24.9 Å². The molecule has 2 aromatic rings. The first-order chi connectivity index (χ1) is 11.8. The van der Waals surface area contributed by atoms with Crippen LogP contribution in [0, 0.1) is 0 Å². The van der Waals surface area contributed by atoms with Crippen LogP contribution in [0.1, 0.15) is 36.1 Å². The Morgan fingerprint density at radius 1 is 1.04 bits per heavy atom. The van der Waals surface area contributed by atoms with Crippen molar-refractivity contribution in [2.24, 2.45) is 0 Å². The maximum absolute atomic E-state index is 12.5. The van der Waals surface area contributed by atoms with Crippen molar-refractivity contribution in [1.29, 1.82) is 0 Å². The molecule has 5 rings (SSSR count). The zero-order chi connectivity index (χ0) is 16.1. The van der Waals surface area contributed by atoms with Crippen LogP contribution in [-0.4, -0.2) is 24.1 Å². The van der Waals surface area contributed by atoms with E-state index in [1.165, 1.54) is 11.1 Å². The third kappa shape index (κ3) is 2.08. The number of anilines is 1. The van der Waals surface area contributed by atoms with E-state index < -0.39 is 0 Å². The molecule has 0 saturated carbocycles. The van der Waals surface area contributed by atoms with E-state index in [2.05, 4.69) is 34.5 Å². The highest BCUT2D eigenvalue weighted by Crippen LogP contribution is 2.52. The Balaban J connectivity index is 1.30. The Morgan fingerprint density at radius 3 is 2.50 bits per heavy atom. The van der Waals surface area contributed by atoms with Crippen molar-refractivity contribution >= 4 is 11.6 Å². The molecule has 5 nitrogen and oxygen atoms in total. The van der Waals surface area contributed by atoms with Gasteiger partial charge in [-0.05, 0) is 36.1 Å². The summed E-state index contributed by atoms with van der Waals surface area (Å²) in [4.78, 5) is 14.8. The van der Waals surface area contributed by atoms with Crippen molar-refractivity contribution in [1.82, 2.24) is 4.90 Å². The van der Waals surface area contributed by atoms with E-state index in [1.54, 1.807) is 0 Å². The number of nitrogens with zero attached hydrogens (tertiary/aromatic N) is 1. The molecule has 3 aliphatic rings. The standard InChI is InChI=1S/C19H18N2O3/c22-19(20-12-5-8-17-18(9-12)24-11-23-17)10-21-15-6-7-16(21)14-4-2-1-3-13(14)15/h1-5,8-9,15-16H,6-7,10-11H2,(H,20,22). The van der Waals surface area contributed by atoms with Crippen molar-refractivity contribution in [2.75, 3.05) is 18.7 Å². The van der Waals surface area contributed by atoms with Gasteiger partial charge in [0.25, 0.3) is 0 Å². The molecule has 24 heavy (non-hydrogen) atoms. The summed E-state index contributed by atoms with van der Waals surface area (Å²) in [7, 11) is 0. The van der Waals surface area contributed by atoms with Gasteiger partial charge in [0, 0.05) is 23.8 Å². The van der Waals surface area contributed by atoms with Gasteiger partial charge in [0.05, 0.1) is 6.54 Å². The quantitative estimate of drug-likeness (QED) is 0.942. The third-order valence-corrected chi connectivity index (χ3v) is 5.21. The topological polar surface area (TPSA) is 50.8 Å². The number of carbonyl (C=O) groups is 1. The van der Waals surface area contributed by atoms with Crippen molar-refractivity contribution in [3.05, 3.63) is 53.6 Å². The van der Waals surface area contributed by atoms with Crippen LogP contribution in [0.25, 0.3) is 0 Å². The predicted molar refractivity (Wildman–Crippen MR) is 89.1 cm³/mol. The number of hydrogen-bond acceptors (Lipinski definition) is 4. The predicted octanol–water partition coefficient (Wildman–Crippen LogP) is 3.25. The van der Waals surface area contributed by atoms with Gasteiger partial charge >= 0.3 is 0 Å². The zero-order valence-corrected chi connectivity index (χ0v) is 13.2. The van der Waals surface area contributed by atoms with E-state index in [9.17, 15) is 4.79 Å². The van der Waals surface area contributed by atoms with Crippen LogP contribution >= 0.6 is 0 Å². The number of rotatable bonds is 3. The molecule has 3 heterocycles. The number of fused-ring (bicyclic) bond motifs is 6. The second kappa shape index (κ2) is 5.24. The summed E-state index contributed by atoms with van der Waals surface area (Å²) in [6, 6.07) is 14.8. The van der Waals surface area contributed by atoms with Crippen LogP contribution in [0.15, 0.2) is 42.5 Å². The maximum Gasteiger partial charge on any atom is 0.238 e. The van der Waals surface area contributed by atoms with Gasteiger partial charge in [-0.2, -0.15) is 0 Å². The third-order valence-electron chi connectivity index (χ3n) is 5.21. The number of carbonyl (C=O) groups excluding carboxylic acids is 1. The van der Waals surface area contributed by atoms with E-state index in [4.69, 9.17) is 9.47 Å². The summed E-state index contributed by atoms with van der Waals surface area (Å²) in [6.45, 7) is 0.653. The number of hydrogen-bond donors (Lipinski definition) is 1. The molecular weight excluding hydrogens is 304 g/mol. The van der Waals surface area contributed by atoms with Gasteiger partial charge in [0.2, 0.25) is 12.7 Å². The lowest BCUT2D eigenvalue weighted by Crippen LogP contribution is -2.31. The monoisotopic (exact) mass is 322 g/mol. The fraction of sp³-hybridized carbons (Fsp3) is 0.316. The molecule has 2 atom stereocenters. The summed E-state index contributed by atoms with van der Waals surface area (Å²) < 4.78 is 10.7. The minimum atomic E-state index is 0.0126. The number of amides is 1. The van der Waals surface area contributed by atoms with E-state index in [-0.39, 0.29) is 12.7 Å². The highest BCUT2D eigenvalue weighted by Gasteiger charge is 2.44. The molecule has 2 aromatic carbocycles. The molecule has 0 spiro atoms. The molecule has 1 amide bonds. The summed E-state index contributed by atoms with van der Waals surface area (Å²) in [5, 5.41) is 2.98. The van der Waals surface area contributed by atoms with Gasteiger partial charge in [-0.25, -0.2) is 0 Å². The smallest absolute Gasteiger partial charge is 0.238 e. The van der Waals surface area contributed by atoms with Crippen LogP contribution in [0.5, 0.6) is 11.5 Å². The maximum atomic E-state index is 12.5. The fourth-order valence-corrected chi connectivity index (χ4v) is 4.21. The second-order valence-corrected chi connectivity index (χ2v) is 6.53. The lowest BCUT2D eigenvalue weighted by atomic mass is 9.92. The summed E-state index contributed by atoms with van der Waals surface area (Å²) in [5.41, 5.74) is 3.53. The first-order valence-corrected chi connectivity index (χ1v) is 8.34. The molecule has 2 unspecified atom stereocenters. The largest absolute Gasteiger partial charge is 0.454 e. The summed E-state index contributed by atoms with van der Waals surface area (Å²) >= 11 is 0. The van der Waals surface area contributed by atoms with E-state index in [1.807, 2.05) is 18.2 Å². The van der Waals surface area contributed by atoms with Crippen LogP contribution in [0.4, 0.5) is 5.69 Å². The Labute approximate surface area is 140 Å². The lowest BCUT2D eigenvalue weighted by molar-refractivity contribution is -0.117. The Kier molecular flexibility index (Phi) is 3.03. The minimum absolute atomic E-state index is 0.0126. The first-order valence-electron chi connectivity index (χ1n) is 8.34. The molecule has 1 fully saturated rings. The van der Waals surface area contributed by atoms with Gasteiger partial charge in [-0.15, -0.1) is 0 Å². The van der Waals surface area contributed by atoms with Crippen LogP contribution in [0.2, 0.25) is 0 Å². The zero-order valence-electron chi connectivity index (χ0n) is 13.2. The van der Waals surface area contributed by atoms with Gasteiger partial charge < -0.3 is 14.8 Å². The Hall–Kier alpha value is -2.53. The molecule has 122 valence electrons. The van der Waals surface area contributed by atoms with Crippen molar-refractivity contribution in [3.63, 3.8) is 0 Å². The van der Waals surface area contributed by atoms with Crippen molar-refractivity contribution < 1.29 is 14.3 Å². The number of benzene rings is 2. The average Bonchev–Trinajstić information content (AvgIpc) is 3.28. The molecule has 2 bridgehead atoms. The van der Waals surface area contributed by atoms with Crippen LogP contribution in [0.3, 0.4) is 0 Å². The molecule has 3 aliphatic heterocycles. The normalized spacial score (nSPS) is 23.3. The van der Waals surface area contributed by atoms with Gasteiger partial charge in [0.1, 0.15) is 0 Å². The summed E-state index contributed by atoms with van der Waals surface area (Å²) in [6.07, 6.45) is 2.28. The molecule has 5 heteroatoms. The van der Waals surface area contributed by atoms with E-state index in [0.29, 0.717) is 24.4 Å². The molecule has 0 aliphatic carbocycles. The second-order valence-electron chi connectivity index (χ2n) is 6.53. The van der Waals surface area contributed by atoms with Crippen molar-refractivity contribution in [3.8, 4) is 11.5 Å². The highest BCUT2D eigenvalue weighted by atomic mass is 16.7. The van der Waals surface area contributed by atoms with E-state index >= 15 is 0 Å². The molecule has 1 N–H and O–H groups in total. The SMILES string of the molecule is O=C(CN1C2CCC1c1ccccc12)Nc1ccc2c(c1)OCO2. The van der Waals surface area contributed by atoms with Gasteiger partial charge in [0.15, 0.2) is 11.5 Å². The average molecular weight is 322 g/mol. The highest BCUT2D eigenvalue weighted by molar-refractivity contribution is 5.92. The molecule has 0 radical (unpaired) electrons. The molecule has 0 aromatic heterocycles. The number of nitrogens with one attached hydrogen (secondary N) is 1. The van der Waals surface area contributed by atoms with Gasteiger partial charge in [-0.1, -0.05) is 24.3 Å². The fourth-order valence-electron chi connectivity index (χ4n) is 4.21. The lowest BCUT2D eigenvalue weighted by Gasteiger charge is -2.21. The Bertz CT molecular complexity index is 789. The van der Waals surface area contributed by atoms with Crippen LogP contribution in [-0.2, 0) is 4.79 Å². The Morgan fingerprint density at radius 2 is 1.75 bits per heavy atom. The molecular formula is C19H18N2O3. The number of ether oxygens (including phenoxy) is 2. The first kappa shape index (κ1) is 13.9. The van der Waals surface area contributed by atoms with Gasteiger partial charge in [-0.3, -0.25) is 9.69 Å². The molecule has 1 saturated heterocycles. The van der Waals surface area contributed by atoms with E-state index in [0.717, 1.165) is 24.3 Å². The minimum Gasteiger partial charge on any atom is -0.454 e. The summed E-state index contributed by atoms with van der Waals surface area (Å²) in [5.74, 6) is 1.42. The van der Waals surface area contributed by atoms with Crippen LogP contribution < -0.4 is 14.8 Å².